The first-order valence-electron chi connectivity index (χ1n) is 18.7. The number of fused-ring (bicyclic) bond motifs is 5. The van der Waals surface area contributed by atoms with Crippen molar-refractivity contribution in [2.24, 2.45) is 34.5 Å². The Bertz CT molecular complexity index is 1320. The Kier molecular flexibility index (Phi) is 10.5. The monoisotopic (exact) mass is 727 g/mol. The largest absolute Gasteiger partial charge is 0.458 e. The van der Waals surface area contributed by atoms with Crippen molar-refractivity contribution in [3.63, 3.8) is 0 Å². The van der Waals surface area contributed by atoms with Gasteiger partial charge in [0.05, 0.1) is 25.9 Å². The van der Waals surface area contributed by atoms with Crippen molar-refractivity contribution in [1.82, 2.24) is 5.06 Å². The number of nitrogens with zero attached hydrogens (tertiary/aromatic N) is 1. The van der Waals surface area contributed by atoms with E-state index in [2.05, 4.69) is 13.8 Å². The zero-order chi connectivity index (χ0) is 36.6. The zero-order valence-corrected chi connectivity index (χ0v) is 29.7. The molecular formula is C36H57NO14. The quantitative estimate of drug-likeness (QED) is 0.112. The second-order valence-electron chi connectivity index (χ2n) is 16.8. The van der Waals surface area contributed by atoms with Crippen LogP contribution < -0.4 is 0 Å². The summed E-state index contributed by atoms with van der Waals surface area (Å²) in [4.78, 5) is 17.8. The number of hydrogen-bond donors (Lipinski definition) is 8. The first-order chi connectivity index (χ1) is 24.2. The predicted molar refractivity (Wildman–Crippen MR) is 175 cm³/mol. The number of aliphatic hydroxyl groups excluding tert-OH is 7. The summed E-state index contributed by atoms with van der Waals surface area (Å²) in [5, 5.41) is 87.5. The Morgan fingerprint density at radius 1 is 0.843 bits per heavy atom. The molecule has 290 valence electrons. The van der Waals surface area contributed by atoms with Crippen molar-refractivity contribution in [3.8, 4) is 0 Å². The number of rotatable bonds is 8. The first kappa shape index (κ1) is 38.0. The van der Waals surface area contributed by atoms with Crippen LogP contribution >= 0.6 is 0 Å². The van der Waals surface area contributed by atoms with Crippen molar-refractivity contribution in [1.29, 1.82) is 0 Å². The number of aliphatic hydroxyl groups is 8. The minimum Gasteiger partial charge on any atom is -0.458 e. The normalized spacial score (nSPS) is 52.9. The molecular weight excluding hydrogens is 670 g/mol. The highest BCUT2D eigenvalue weighted by Gasteiger charge is 2.68. The molecule has 4 saturated carbocycles. The molecule has 0 aromatic carbocycles. The van der Waals surface area contributed by atoms with E-state index in [1.165, 1.54) is 7.11 Å². The zero-order valence-electron chi connectivity index (χ0n) is 29.7. The van der Waals surface area contributed by atoms with E-state index in [9.17, 15) is 45.6 Å². The standard InChI is InChI=1S/C36H57NO14/c1-34-9-6-19(13-18(34)4-5-22-21(34)7-10-35(2)20(8-11-36(22,35)46)17-12-25(40)48-16-17)37(47-3)32-29(44)28(43)31(24(15-39)49-32)51-33-30(45)27(42)26(41)23(14-38)50-33/h12,18-24,26-33,38-39,41-46H,4-11,13-16H2,1-3H3/t18?,19-,20-,21?,22?,23-,24-,26-,27+,28-,29-,30-,31-,32-,33-,34+,35-,36+/m1/s1. The molecule has 7 aliphatic rings. The molecule has 4 aliphatic carbocycles. The number of cyclic esters (lactones) is 1. The fourth-order valence-corrected chi connectivity index (χ4v) is 11.9. The lowest BCUT2D eigenvalue weighted by Crippen LogP contribution is -2.68. The van der Waals surface area contributed by atoms with Gasteiger partial charge in [-0.2, -0.15) is 5.06 Å². The minimum atomic E-state index is -1.75. The maximum atomic E-state index is 12.6. The van der Waals surface area contributed by atoms with E-state index in [1.54, 1.807) is 11.1 Å². The summed E-state index contributed by atoms with van der Waals surface area (Å²) in [6.45, 7) is 3.60. The molecule has 15 nitrogen and oxygen atoms in total. The lowest BCUT2D eigenvalue weighted by molar-refractivity contribution is -0.374. The fourth-order valence-electron chi connectivity index (χ4n) is 11.9. The summed E-state index contributed by atoms with van der Waals surface area (Å²) in [6, 6.07) is -0.182. The van der Waals surface area contributed by atoms with E-state index in [0.29, 0.717) is 31.3 Å². The van der Waals surface area contributed by atoms with Gasteiger partial charge in [0.25, 0.3) is 0 Å². The molecule has 0 aromatic rings. The molecule has 0 spiro atoms. The van der Waals surface area contributed by atoms with Gasteiger partial charge in [0, 0.05) is 17.5 Å². The van der Waals surface area contributed by atoms with Gasteiger partial charge in [-0.1, -0.05) is 13.8 Å². The van der Waals surface area contributed by atoms with E-state index in [1.807, 2.05) is 0 Å². The van der Waals surface area contributed by atoms with E-state index in [4.69, 9.17) is 23.8 Å². The molecule has 3 aliphatic heterocycles. The molecule has 0 bridgehead atoms. The van der Waals surface area contributed by atoms with Crippen LogP contribution in [0.25, 0.3) is 0 Å². The molecule has 0 amide bonds. The minimum absolute atomic E-state index is 0.0246. The Morgan fingerprint density at radius 2 is 1.59 bits per heavy atom. The molecule has 15 heteroatoms. The Labute approximate surface area is 298 Å². The number of hydroxylamine groups is 2. The number of esters is 1. The van der Waals surface area contributed by atoms with Crippen LogP contribution in [0.3, 0.4) is 0 Å². The third-order valence-electron chi connectivity index (χ3n) is 14.8. The van der Waals surface area contributed by atoms with Crippen LogP contribution in [0.4, 0.5) is 0 Å². The topological polar surface area (TPSA) is 228 Å². The van der Waals surface area contributed by atoms with Crippen LogP contribution in [0.1, 0.15) is 71.6 Å². The van der Waals surface area contributed by atoms with E-state index < -0.39 is 80.2 Å². The van der Waals surface area contributed by atoms with Crippen LogP contribution in [-0.4, -0.2) is 152 Å². The van der Waals surface area contributed by atoms with E-state index in [0.717, 1.165) is 50.5 Å². The van der Waals surface area contributed by atoms with Gasteiger partial charge < -0.3 is 59.8 Å². The molecule has 6 fully saturated rings. The van der Waals surface area contributed by atoms with Gasteiger partial charge in [-0.3, -0.25) is 4.84 Å². The van der Waals surface area contributed by atoms with Crippen molar-refractivity contribution >= 4 is 5.97 Å². The van der Waals surface area contributed by atoms with Crippen LogP contribution in [0.15, 0.2) is 11.6 Å². The molecule has 7 rings (SSSR count). The van der Waals surface area contributed by atoms with Gasteiger partial charge in [-0.25, -0.2) is 4.79 Å². The highest BCUT2D eigenvalue weighted by molar-refractivity contribution is 5.85. The van der Waals surface area contributed by atoms with Crippen molar-refractivity contribution < 1.29 is 69.4 Å². The number of ether oxygens (including phenoxy) is 4. The van der Waals surface area contributed by atoms with Gasteiger partial charge in [0.15, 0.2) is 12.5 Å². The molecule has 3 unspecified atom stereocenters. The maximum absolute atomic E-state index is 12.6. The molecule has 51 heavy (non-hydrogen) atoms. The summed E-state index contributed by atoms with van der Waals surface area (Å²) in [6.07, 6.45) is -5.66. The second-order valence-corrected chi connectivity index (χ2v) is 16.8. The highest BCUT2D eigenvalue weighted by Crippen LogP contribution is 2.70. The lowest BCUT2D eigenvalue weighted by Gasteiger charge is -2.64. The third-order valence-corrected chi connectivity index (χ3v) is 14.8. The van der Waals surface area contributed by atoms with Gasteiger partial charge in [0.1, 0.15) is 55.4 Å². The van der Waals surface area contributed by atoms with Gasteiger partial charge in [-0.15, -0.1) is 0 Å². The van der Waals surface area contributed by atoms with E-state index >= 15 is 0 Å². The van der Waals surface area contributed by atoms with Crippen LogP contribution in [-0.2, 0) is 28.6 Å². The van der Waals surface area contributed by atoms with E-state index in [-0.39, 0.29) is 34.7 Å². The van der Waals surface area contributed by atoms with Crippen molar-refractivity contribution in [2.45, 2.75) is 145 Å². The number of hydrogen-bond acceptors (Lipinski definition) is 15. The molecule has 18 atom stereocenters. The summed E-state index contributed by atoms with van der Waals surface area (Å²) in [5.74, 6) is 0.638. The third kappa shape index (κ3) is 5.94. The number of carbonyl (C=O) groups is 1. The number of carbonyl (C=O) groups excluding carboxylic acids is 1. The molecule has 2 saturated heterocycles. The second kappa shape index (κ2) is 14.1. The van der Waals surface area contributed by atoms with Crippen molar-refractivity contribution in [3.05, 3.63) is 11.6 Å². The van der Waals surface area contributed by atoms with Gasteiger partial charge >= 0.3 is 5.97 Å². The Hall–Kier alpha value is -1.31. The van der Waals surface area contributed by atoms with Crippen LogP contribution in [0.5, 0.6) is 0 Å². The molecule has 8 N–H and O–H groups in total. The smallest absolute Gasteiger partial charge is 0.331 e. The molecule has 3 heterocycles. The average Bonchev–Trinajstić information content (AvgIpc) is 3.67. The first-order valence-corrected chi connectivity index (χ1v) is 18.7. The average molecular weight is 728 g/mol. The van der Waals surface area contributed by atoms with Crippen LogP contribution in [0, 0.1) is 34.5 Å². The maximum Gasteiger partial charge on any atom is 0.331 e. The van der Waals surface area contributed by atoms with Gasteiger partial charge in [0.2, 0.25) is 0 Å². The molecule has 0 aromatic heterocycles. The Balaban J connectivity index is 1.03. The van der Waals surface area contributed by atoms with Crippen LogP contribution in [0.2, 0.25) is 0 Å². The summed E-state index contributed by atoms with van der Waals surface area (Å²) in [7, 11) is 1.48. The molecule has 0 radical (unpaired) electrons. The summed E-state index contributed by atoms with van der Waals surface area (Å²) in [5.41, 5.74) is -0.141. The van der Waals surface area contributed by atoms with Gasteiger partial charge in [-0.05, 0) is 92.4 Å². The predicted octanol–water partition coefficient (Wildman–Crippen LogP) is -0.900. The summed E-state index contributed by atoms with van der Waals surface area (Å²) >= 11 is 0. The summed E-state index contributed by atoms with van der Waals surface area (Å²) < 4.78 is 22.6. The Morgan fingerprint density at radius 3 is 2.25 bits per heavy atom. The fraction of sp³-hybridized carbons (Fsp3) is 0.917. The highest BCUT2D eigenvalue weighted by atomic mass is 16.7. The van der Waals surface area contributed by atoms with Crippen molar-refractivity contribution in [2.75, 3.05) is 26.9 Å². The lowest BCUT2D eigenvalue weighted by atomic mass is 9.43. The SMILES string of the molecule is CON([C@@H]1CC[C@@]2(C)C(CCC3C2CC[C@]2(C)[C@@H](C4=CC(=O)OC4)CC[C@]32O)C1)[C@@H]1O[C@H](CO)[C@@H](O[C@H]2O[C@H](CO)[C@@H](O)[C@H](O)[C@H]2O)[C@H](O)[C@H]1O.